The number of ether oxygens (including phenoxy) is 2. The van der Waals surface area contributed by atoms with Gasteiger partial charge in [0.25, 0.3) is 11.8 Å². The van der Waals surface area contributed by atoms with Gasteiger partial charge in [0.05, 0.1) is 34.0 Å². The van der Waals surface area contributed by atoms with Crippen LogP contribution < -0.4 is 14.4 Å². The summed E-state index contributed by atoms with van der Waals surface area (Å²) in [6, 6.07) is 15.8. The number of methoxy groups -OCH3 is 1. The maximum atomic E-state index is 12.8. The average Bonchev–Trinajstić information content (AvgIpc) is 3.02. The number of hydrogen-bond donors (Lipinski definition) is 0. The number of Topliss-reactive ketones (excluding diaryl/α,β-unsaturated/α-hetero) is 1. The van der Waals surface area contributed by atoms with Crippen LogP contribution >= 0.6 is 23.2 Å². The van der Waals surface area contributed by atoms with Gasteiger partial charge in [-0.15, -0.1) is 0 Å². The Hall–Kier alpha value is -3.35. The third-order valence-corrected chi connectivity index (χ3v) is 5.51. The lowest BCUT2D eigenvalue weighted by atomic mass is 10.1. The Morgan fingerprint density at radius 3 is 2.06 bits per heavy atom. The molecule has 6 nitrogen and oxygen atoms in total. The topological polar surface area (TPSA) is 72.9 Å². The first kappa shape index (κ1) is 20.9. The van der Waals surface area contributed by atoms with Crippen LogP contribution in [0.3, 0.4) is 0 Å². The van der Waals surface area contributed by atoms with E-state index in [1.165, 1.54) is 18.2 Å². The number of benzene rings is 3. The van der Waals surface area contributed by atoms with Crippen molar-refractivity contribution in [1.29, 1.82) is 0 Å². The standard InChI is InChI=1S/C23H15Cl2NO5/c1-30-15-7-5-13(6-8-15)21(27)12-31-16-4-2-3-14(9-16)26-22(28)17-10-19(24)20(25)11-18(17)23(26)29/h2-11H,12H2,1H3. The molecule has 2 amide bonds. The van der Waals surface area contributed by atoms with E-state index in [1.54, 1.807) is 49.6 Å². The first-order valence-electron chi connectivity index (χ1n) is 9.17. The summed E-state index contributed by atoms with van der Waals surface area (Å²) in [5.41, 5.74) is 1.15. The Bertz CT molecular complexity index is 1170. The van der Waals surface area contributed by atoms with Crippen LogP contribution in [0.4, 0.5) is 5.69 Å². The van der Waals surface area contributed by atoms with Gasteiger partial charge in [-0.05, 0) is 48.5 Å². The van der Waals surface area contributed by atoms with Crippen molar-refractivity contribution >= 4 is 46.5 Å². The molecule has 0 N–H and O–H groups in total. The Kier molecular flexibility index (Phi) is 5.67. The molecule has 0 spiro atoms. The van der Waals surface area contributed by atoms with E-state index in [1.807, 2.05) is 0 Å². The van der Waals surface area contributed by atoms with E-state index in [-0.39, 0.29) is 33.6 Å². The molecule has 3 aromatic carbocycles. The Labute approximate surface area is 187 Å². The molecule has 1 aliphatic heterocycles. The second kappa shape index (κ2) is 8.41. The van der Waals surface area contributed by atoms with Crippen LogP contribution in [0, 0.1) is 0 Å². The first-order chi connectivity index (χ1) is 14.9. The highest BCUT2D eigenvalue weighted by molar-refractivity contribution is 6.44. The quantitative estimate of drug-likeness (QED) is 0.383. The number of imide groups is 1. The van der Waals surface area contributed by atoms with Crippen molar-refractivity contribution in [3.8, 4) is 11.5 Å². The molecule has 3 aromatic rings. The highest BCUT2D eigenvalue weighted by Gasteiger charge is 2.37. The molecule has 0 saturated carbocycles. The number of anilines is 1. The van der Waals surface area contributed by atoms with E-state index < -0.39 is 11.8 Å². The van der Waals surface area contributed by atoms with E-state index in [9.17, 15) is 14.4 Å². The number of hydrogen-bond acceptors (Lipinski definition) is 5. The molecule has 0 aliphatic carbocycles. The zero-order valence-corrected chi connectivity index (χ0v) is 17.7. The second-order valence-electron chi connectivity index (χ2n) is 6.70. The highest BCUT2D eigenvalue weighted by Crippen LogP contribution is 2.34. The molecule has 4 rings (SSSR count). The normalized spacial score (nSPS) is 12.7. The fraction of sp³-hybridized carbons (Fsp3) is 0.0870. The third-order valence-electron chi connectivity index (χ3n) is 4.79. The molecular weight excluding hydrogens is 441 g/mol. The molecular formula is C23H15Cl2NO5. The van der Waals surface area contributed by atoms with Crippen LogP contribution in [-0.4, -0.2) is 31.3 Å². The van der Waals surface area contributed by atoms with Crippen LogP contribution in [0.2, 0.25) is 10.0 Å². The molecule has 0 aromatic heterocycles. The summed E-state index contributed by atoms with van der Waals surface area (Å²) in [4.78, 5) is 39.0. The number of carbonyl (C=O) groups is 3. The van der Waals surface area contributed by atoms with E-state index >= 15 is 0 Å². The molecule has 8 heteroatoms. The van der Waals surface area contributed by atoms with Gasteiger partial charge in [-0.3, -0.25) is 14.4 Å². The maximum absolute atomic E-state index is 12.8. The fourth-order valence-electron chi connectivity index (χ4n) is 3.19. The predicted octanol–water partition coefficient (Wildman–Crippen LogP) is 5.06. The van der Waals surface area contributed by atoms with Gasteiger partial charge in [-0.1, -0.05) is 29.3 Å². The van der Waals surface area contributed by atoms with Gasteiger partial charge < -0.3 is 9.47 Å². The molecule has 1 aliphatic rings. The van der Waals surface area contributed by atoms with Crippen LogP contribution in [0.1, 0.15) is 31.1 Å². The molecule has 0 saturated heterocycles. The molecule has 1 heterocycles. The summed E-state index contributed by atoms with van der Waals surface area (Å²) in [6.07, 6.45) is 0. The minimum Gasteiger partial charge on any atom is -0.497 e. The number of nitrogens with zero attached hydrogens (tertiary/aromatic N) is 1. The summed E-state index contributed by atoms with van der Waals surface area (Å²) in [6.45, 7) is -0.205. The lowest BCUT2D eigenvalue weighted by Gasteiger charge is -2.15. The number of ketones is 1. The predicted molar refractivity (Wildman–Crippen MR) is 117 cm³/mol. The average molecular weight is 456 g/mol. The Balaban J connectivity index is 1.51. The van der Waals surface area contributed by atoms with Gasteiger partial charge in [0.2, 0.25) is 0 Å². The monoisotopic (exact) mass is 455 g/mol. The zero-order valence-electron chi connectivity index (χ0n) is 16.2. The van der Waals surface area contributed by atoms with Crippen molar-refractivity contribution in [1.82, 2.24) is 0 Å². The lowest BCUT2D eigenvalue weighted by Crippen LogP contribution is -2.29. The molecule has 0 atom stereocenters. The molecule has 156 valence electrons. The summed E-state index contributed by atoms with van der Waals surface area (Å²) >= 11 is 12.0. The van der Waals surface area contributed by atoms with E-state index in [4.69, 9.17) is 32.7 Å². The largest absolute Gasteiger partial charge is 0.497 e. The summed E-state index contributed by atoms with van der Waals surface area (Å²) in [5, 5.41) is 0.384. The Morgan fingerprint density at radius 2 is 1.48 bits per heavy atom. The summed E-state index contributed by atoms with van der Waals surface area (Å²) in [5.74, 6) is -0.256. The number of rotatable bonds is 6. The minimum absolute atomic E-state index is 0.181. The number of carbonyl (C=O) groups excluding carboxylic acids is 3. The minimum atomic E-state index is -0.509. The maximum Gasteiger partial charge on any atom is 0.266 e. The molecule has 0 bridgehead atoms. The van der Waals surface area contributed by atoms with Crippen molar-refractivity contribution in [3.63, 3.8) is 0 Å². The van der Waals surface area contributed by atoms with Crippen molar-refractivity contribution in [2.24, 2.45) is 0 Å². The van der Waals surface area contributed by atoms with Crippen LogP contribution in [-0.2, 0) is 0 Å². The van der Waals surface area contributed by atoms with Gasteiger partial charge in [-0.2, -0.15) is 0 Å². The third kappa shape index (κ3) is 4.00. The van der Waals surface area contributed by atoms with Crippen LogP contribution in [0.5, 0.6) is 11.5 Å². The van der Waals surface area contributed by atoms with Crippen molar-refractivity contribution in [2.75, 3.05) is 18.6 Å². The van der Waals surface area contributed by atoms with Gasteiger partial charge in [0.15, 0.2) is 12.4 Å². The van der Waals surface area contributed by atoms with E-state index in [0.29, 0.717) is 22.7 Å². The SMILES string of the molecule is COc1ccc(C(=O)COc2cccc(N3C(=O)c4cc(Cl)c(Cl)cc4C3=O)c2)cc1. The molecule has 0 unspecified atom stereocenters. The smallest absolute Gasteiger partial charge is 0.266 e. The number of halogens is 2. The van der Waals surface area contributed by atoms with Crippen LogP contribution in [0.25, 0.3) is 0 Å². The second-order valence-corrected chi connectivity index (χ2v) is 7.51. The lowest BCUT2D eigenvalue weighted by molar-refractivity contribution is 0.0910. The number of fused-ring (bicyclic) bond motifs is 1. The fourth-order valence-corrected chi connectivity index (χ4v) is 3.52. The van der Waals surface area contributed by atoms with Gasteiger partial charge in [0, 0.05) is 11.6 Å². The van der Waals surface area contributed by atoms with Gasteiger partial charge in [-0.25, -0.2) is 4.90 Å². The van der Waals surface area contributed by atoms with Crippen LogP contribution in [0.15, 0.2) is 60.7 Å². The zero-order chi connectivity index (χ0) is 22.1. The first-order valence-corrected chi connectivity index (χ1v) is 9.92. The van der Waals surface area contributed by atoms with E-state index in [2.05, 4.69) is 0 Å². The van der Waals surface area contributed by atoms with E-state index in [0.717, 1.165) is 4.90 Å². The van der Waals surface area contributed by atoms with Gasteiger partial charge in [0.1, 0.15) is 11.5 Å². The van der Waals surface area contributed by atoms with Crippen molar-refractivity contribution in [2.45, 2.75) is 0 Å². The highest BCUT2D eigenvalue weighted by atomic mass is 35.5. The summed E-state index contributed by atoms with van der Waals surface area (Å²) in [7, 11) is 1.55. The van der Waals surface area contributed by atoms with Gasteiger partial charge >= 0.3 is 0 Å². The van der Waals surface area contributed by atoms with Crippen molar-refractivity contribution < 1.29 is 23.9 Å². The van der Waals surface area contributed by atoms with Crippen molar-refractivity contribution in [3.05, 3.63) is 87.4 Å². The molecule has 0 fully saturated rings. The molecule has 31 heavy (non-hydrogen) atoms. The number of amides is 2. The molecule has 0 radical (unpaired) electrons. The Morgan fingerprint density at radius 1 is 0.871 bits per heavy atom. The summed E-state index contributed by atoms with van der Waals surface area (Å²) < 4.78 is 10.7.